The van der Waals surface area contributed by atoms with Gasteiger partial charge < -0.3 is 10.2 Å². The predicted octanol–water partition coefficient (Wildman–Crippen LogP) is 3.07. The number of unbranched alkanes of at least 4 members (excludes halogenated alkanes) is 1. The molecule has 0 radical (unpaired) electrons. The van der Waals surface area contributed by atoms with Gasteiger partial charge in [0.05, 0.1) is 0 Å². The third-order valence-electron chi connectivity index (χ3n) is 3.24. The Morgan fingerprint density at radius 3 is 2.47 bits per heavy atom. The first kappa shape index (κ1) is 14.2. The molecule has 1 aromatic carbocycles. The van der Waals surface area contributed by atoms with Crippen molar-refractivity contribution >= 4 is 0 Å². The van der Waals surface area contributed by atoms with Crippen molar-refractivity contribution in [1.82, 2.24) is 10.2 Å². The number of benzene rings is 1. The van der Waals surface area contributed by atoms with E-state index in [0.29, 0.717) is 6.04 Å². The van der Waals surface area contributed by atoms with E-state index in [1.54, 1.807) is 0 Å². The molecular formula is C15H26N2. The Morgan fingerprint density at radius 1 is 1.18 bits per heavy atom. The van der Waals surface area contributed by atoms with E-state index in [1.807, 2.05) is 7.05 Å². The molecule has 0 aliphatic carbocycles. The van der Waals surface area contributed by atoms with E-state index >= 15 is 0 Å². The van der Waals surface area contributed by atoms with Crippen LogP contribution in [-0.4, -0.2) is 32.1 Å². The van der Waals surface area contributed by atoms with Crippen molar-refractivity contribution in [2.75, 3.05) is 27.2 Å². The molecule has 1 unspecified atom stereocenters. The molecule has 1 rings (SSSR count). The topological polar surface area (TPSA) is 15.3 Å². The maximum absolute atomic E-state index is 3.40. The average Bonchev–Trinajstić information content (AvgIpc) is 2.38. The van der Waals surface area contributed by atoms with Crippen LogP contribution in [0.25, 0.3) is 0 Å². The van der Waals surface area contributed by atoms with Crippen molar-refractivity contribution in [2.24, 2.45) is 0 Å². The highest BCUT2D eigenvalue weighted by Crippen LogP contribution is 2.16. The molecule has 0 spiro atoms. The second-order valence-electron chi connectivity index (χ2n) is 4.70. The van der Waals surface area contributed by atoms with E-state index in [0.717, 1.165) is 6.54 Å². The largest absolute Gasteiger partial charge is 0.313 e. The van der Waals surface area contributed by atoms with Gasteiger partial charge in [-0.2, -0.15) is 0 Å². The highest BCUT2D eigenvalue weighted by Gasteiger charge is 2.09. The Morgan fingerprint density at radius 2 is 1.88 bits per heavy atom. The fourth-order valence-electron chi connectivity index (χ4n) is 2.05. The van der Waals surface area contributed by atoms with Gasteiger partial charge in [0.15, 0.2) is 0 Å². The van der Waals surface area contributed by atoms with Crippen LogP contribution in [0.4, 0.5) is 0 Å². The van der Waals surface area contributed by atoms with Crippen molar-refractivity contribution in [2.45, 2.75) is 32.2 Å². The van der Waals surface area contributed by atoms with Gasteiger partial charge in [0.1, 0.15) is 0 Å². The SMILES string of the molecule is CCCCN(C)CCC(NC)c1ccccc1. The number of nitrogens with one attached hydrogen (secondary N) is 1. The Kier molecular flexibility index (Phi) is 6.90. The predicted molar refractivity (Wildman–Crippen MR) is 75.3 cm³/mol. The zero-order valence-electron chi connectivity index (χ0n) is 11.4. The molecule has 0 amide bonds. The van der Waals surface area contributed by atoms with Gasteiger partial charge in [-0.1, -0.05) is 43.7 Å². The first-order chi connectivity index (χ1) is 8.27. The molecule has 2 nitrogen and oxygen atoms in total. The van der Waals surface area contributed by atoms with Crippen LogP contribution in [0.3, 0.4) is 0 Å². The standard InChI is InChI=1S/C15H26N2/c1-4-5-12-17(3)13-11-15(16-2)14-9-7-6-8-10-14/h6-10,15-16H,4-5,11-13H2,1-3H3. The number of nitrogens with zero attached hydrogens (tertiary/aromatic N) is 1. The van der Waals surface area contributed by atoms with Gasteiger partial charge in [-0.25, -0.2) is 0 Å². The number of rotatable bonds is 8. The summed E-state index contributed by atoms with van der Waals surface area (Å²) in [5.41, 5.74) is 1.39. The monoisotopic (exact) mass is 234 g/mol. The van der Waals surface area contributed by atoms with Crippen LogP contribution >= 0.6 is 0 Å². The maximum Gasteiger partial charge on any atom is 0.0329 e. The van der Waals surface area contributed by atoms with E-state index in [-0.39, 0.29) is 0 Å². The summed E-state index contributed by atoms with van der Waals surface area (Å²) < 4.78 is 0. The molecule has 96 valence electrons. The Balaban J connectivity index is 2.38. The molecule has 0 bridgehead atoms. The van der Waals surface area contributed by atoms with E-state index < -0.39 is 0 Å². The Hall–Kier alpha value is -0.860. The van der Waals surface area contributed by atoms with Gasteiger partial charge in [0.25, 0.3) is 0 Å². The average molecular weight is 234 g/mol. The zero-order valence-corrected chi connectivity index (χ0v) is 11.4. The molecule has 0 aromatic heterocycles. The zero-order chi connectivity index (χ0) is 12.5. The smallest absolute Gasteiger partial charge is 0.0329 e. The Labute approximate surface area is 106 Å². The van der Waals surface area contributed by atoms with Gasteiger partial charge in [-0.15, -0.1) is 0 Å². The fraction of sp³-hybridized carbons (Fsp3) is 0.600. The van der Waals surface area contributed by atoms with Crippen molar-refractivity contribution in [3.05, 3.63) is 35.9 Å². The summed E-state index contributed by atoms with van der Waals surface area (Å²) in [5, 5.41) is 3.40. The molecule has 0 aliphatic rings. The minimum Gasteiger partial charge on any atom is -0.313 e. The van der Waals surface area contributed by atoms with Gasteiger partial charge in [0.2, 0.25) is 0 Å². The van der Waals surface area contributed by atoms with E-state index in [2.05, 4.69) is 54.5 Å². The van der Waals surface area contributed by atoms with Crippen LogP contribution in [0.1, 0.15) is 37.8 Å². The number of hydrogen-bond donors (Lipinski definition) is 1. The van der Waals surface area contributed by atoms with Crippen LogP contribution in [0.15, 0.2) is 30.3 Å². The van der Waals surface area contributed by atoms with Crippen molar-refractivity contribution in [3.8, 4) is 0 Å². The lowest BCUT2D eigenvalue weighted by Crippen LogP contribution is -2.26. The molecule has 0 saturated carbocycles. The van der Waals surface area contributed by atoms with Crippen LogP contribution in [-0.2, 0) is 0 Å². The molecule has 0 heterocycles. The van der Waals surface area contributed by atoms with Crippen LogP contribution < -0.4 is 5.32 Å². The molecule has 17 heavy (non-hydrogen) atoms. The summed E-state index contributed by atoms with van der Waals surface area (Å²) >= 11 is 0. The molecule has 0 fully saturated rings. The van der Waals surface area contributed by atoms with Gasteiger partial charge >= 0.3 is 0 Å². The summed E-state index contributed by atoms with van der Waals surface area (Å²) in [5.74, 6) is 0. The normalized spacial score (nSPS) is 12.9. The summed E-state index contributed by atoms with van der Waals surface area (Å²) in [4.78, 5) is 2.43. The fourth-order valence-corrected chi connectivity index (χ4v) is 2.05. The molecule has 1 aromatic rings. The second kappa shape index (κ2) is 8.26. The van der Waals surface area contributed by atoms with Gasteiger partial charge in [0, 0.05) is 6.04 Å². The molecule has 1 N–H and O–H groups in total. The first-order valence-electron chi connectivity index (χ1n) is 6.68. The number of hydrogen-bond acceptors (Lipinski definition) is 2. The Bertz CT molecular complexity index is 284. The van der Waals surface area contributed by atoms with Gasteiger partial charge in [-0.05, 0) is 45.6 Å². The van der Waals surface area contributed by atoms with Crippen molar-refractivity contribution in [1.29, 1.82) is 0 Å². The lowest BCUT2D eigenvalue weighted by Gasteiger charge is -2.21. The molecule has 0 aliphatic heterocycles. The quantitative estimate of drug-likeness (QED) is 0.743. The summed E-state index contributed by atoms with van der Waals surface area (Å²) in [6, 6.07) is 11.2. The summed E-state index contributed by atoms with van der Waals surface area (Å²) in [6.45, 7) is 4.61. The summed E-state index contributed by atoms with van der Waals surface area (Å²) in [7, 11) is 4.26. The van der Waals surface area contributed by atoms with Gasteiger partial charge in [-0.3, -0.25) is 0 Å². The third-order valence-corrected chi connectivity index (χ3v) is 3.24. The molecule has 0 saturated heterocycles. The molecule has 2 heteroatoms. The van der Waals surface area contributed by atoms with Crippen LogP contribution in [0.2, 0.25) is 0 Å². The minimum absolute atomic E-state index is 0.472. The molecular weight excluding hydrogens is 208 g/mol. The third kappa shape index (κ3) is 5.33. The van der Waals surface area contributed by atoms with Crippen molar-refractivity contribution < 1.29 is 0 Å². The maximum atomic E-state index is 3.40. The lowest BCUT2D eigenvalue weighted by atomic mass is 10.0. The van der Waals surface area contributed by atoms with E-state index in [9.17, 15) is 0 Å². The van der Waals surface area contributed by atoms with E-state index in [4.69, 9.17) is 0 Å². The highest BCUT2D eigenvalue weighted by molar-refractivity contribution is 5.18. The second-order valence-corrected chi connectivity index (χ2v) is 4.70. The minimum atomic E-state index is 0.472. The first-order valence-corrected chi connectivity index (χ1v) is 6.68. The summed E-state index contributed by atoms with van der Waals surface area (Å²) in [6.07, 6.45) is 3.74. The van der Waals surface area contributed by atoms with Crippen molar-refractivity contribution in [3.63, 3.8) is 0 Å². The lowest BCUT2D eigenvalue weighted by molar-refractivity contribution is 0.306. The van der Waals surface area contributed by atoms with Crippen LogP contribution in [0, 0.1) is 0 Å². The van der Waals surface area contributed by atoms with E-state index in [1.165, 1.54) is 31.4 Å². The highest BCUT2D eigenvalue weighted by atomic mass is 15.1. The van der Waals surface area contributed by atoms with Crippen LogP contribution in [0.5, 0.6) is 0 Å². The molecule has 1 atom stereocenters.